The summed E-state index contributed by atoms with van der Waals surface area (Å²) >= 11 is 0. The summed E-state index contributed by atoms with van der Waals surface area (Å²) in [7, 11) is -2.31. The fourth-order valence-corrected chi connectivity index (χ4v) is 4.47. The Balaban J connectivity index is 1.50. The monoisotopic (exact) mass is 482 g/mol. The highest BCUT2D eigenvalue weighted by Crippen LogP contribution is 2.54. The number of amides is 1. The van der Waals surface area contributed by atoms with Gasteiger partial charge in [0.2, 0.25) is 5.88 Å². The molecule has 4 rings (SSSR count). The number of thiol groups is 1. The van der Waals surface area contributed by atoms with Gasteiger partial charge in [0.1, 0.15) is 5.82 Å². The number of carbonyl (C=O) groups excluding carboxylic acids is 1. The number of rotatable bonds is 7. The van der Waals surface area contributed by atoms with E-state index in [0.717, 1.165) is 25.9 Å². The van der Waals surface area contributed by atoms with E-state index in [9.17, 15) is 22.2 Å². The van der Waals surface area contributed by atoms with Crippen LogP contribution in [0.4, 0.5) is 24.7 Å². The minimum absolute atomic E-state index is 0.0235. The van der Waals surface area contributed by atoms with Crippen LogP contribution in [-0.4, -0.2) is 41.0 Å². The van der Waals surface area contributed by atoms with E-state index in [1.54, 1.807) is 12.1 Å². The zero-order valence-corrected chi connectivity index (χ0v) is 18.7. The van der Waals surface area contributed by atoms with Gasteiger partial charge in [-0.15, -0.1) is 0 Å². The zero-order chi connectivity index (χ0) is 23.6. The number of benzene rings is 1. The molecule has 33 heavy (non-hydrogen) atoms. The second-order valence-corrected chi connectivity index (χ2v) is 9.62. The van der Waals surface area contributed by atoms with Crippen LogP contribution in [0.25, 0.3) is 0 Å². The van der Waals surface area contributed by atoms with Gasteiger partial charge in [-0.05, 0) is 55.4 Å². The molecular weight excluding hydrogens is 457 g/mol. The maximum absolute atomic E-state index is 13.1. The second-order valence-electron chi connectivity index (χ2n) is 8.51. The summed E-state index contributed by atoms with van der Waals surface area (Å²) in [6.07, 6.45) is -0.893. The Kier molecular flexibility index (Phi) is 6.51. The summed E-state index contributed by atoms with van der Waals surface area (Å²) < 4.78 is 61.3. The molecular formula is C22H25F3N4O3S. The SMILES string of the molecule is N=[SH](=O)c1ccc(C(=O)Nc2cccc(OCCC(F)(F)F)n2)c(N2CCC3(CC2)CC3)c1. The quantitative estimate of drug-likeness (QED) is 0.500. The first-order chi connectivity index (χ1) is 15.6. The van der Waals surface area contributed by atoms with E-state index >= 15 is 0 Å². The van der Waals surface area contributed by atoms with Crippen molar-refractivity contribution in [2.24, 2.45) is 5.41 Å². The van der Waals surface area contributed by atoms with Crippen LogP contribution in [-0.2, 0) is 10.6 Å². The molecule has 1 aliphatic heterocycles. The highest BCUT2D eigenvalue weighted by Gasteiger charge is 2.44. The number of nitrogens with one attached hydrogen (secondary N) is 2. The summed E-state index contributed by atoms with van der Waals surface area (Å²) in [6, 6.07) is 9.14. The fourth-order valence-electron chi connectivity index (χ4n) is 4.02. The fraction of sp³-hybridized carbons (Fsp3) is 0.455. The Hall–Kier alpha value is -2.82. The molecule has 1 aromatic heterocycles. The Morgan fingerprint density at radius 3 is 2.55 bits per heavy atom. The van der Waals surface area contributed by atoms with Crippen LogP contribution in [0.2, 0.25) is 0 Å². The van der Waals surface area contributed by atoms with Gasteiger partial charge in [0.25, 0.3) is 5.91 Å². The van der Waals surface area contributed by atoms with Gasteiger partial charge in [-0.3, -0.25) is 9.57 Å². The molecule has 1 aromatic carbocycles. The van der Waals surface area contributed by atoms with E-state index in [4.69, 9.17) is 9.52 Å². The largest absolute Gasteiger partial charge is 0.477 e. The first-order valence-electron chi connectivity index (χ1n) is 10.7. The van der Waals surface area contributed by atoms with Crippen LogP contribution in [0.5, 0.6) is 5.88 Å². The van der Waals surface area contributed by atoms with Crippen molar-refractivity contribution in [1.29, 1.82) is 4.78 Å². The Bertz CT molecular complexity index is 1100. The molecule has 1 saturated carbocycles. The number of hydrogen-bond acceptors (Lipinski definition) is 6. The second kappa shape index (κ2) is 9.20. The van der Waals surface area contributed by atoms with Crippen molar-refractivity contribution < 1.29 is 26.9 Å². The molecule has 11 heteroatoms. The molecule has 2 N–H and O–H groups in total. The predicted octanol–water partition coefficient (Wildman–Crippen LogP) is 4.65. The standard InChI is InChI=1S/C22H25F3N4O3S/c23-22(24,25)10-13-32-19-3-1-2-18(27-19)28-20(30)16-5-4-15(33(26)31)14-17(16)29-11-8-21(6-7-21)9-12-29/h1-5,14,26,33H,6-13H2,(H,27,28,30). The van der Waals surface area contributed by atoms with Crippen molar-refractivity contribution in [3.05, 3.63) is 42.0 Å². The number of piperidine rings is 1. The van der Waals surface area contributed by atoms with Crippen LogP contribution < -0.4 is 15.0 Å². The van der Waals surface area contributed by atoms with Gasteiger partial charge in [-0.25, -0.2) is 4.21 Å². The molecule has 1 amide bonds. The number of carbonyl (C=O) groups is 1. The lowest BCUT2D eigenvalue weighted by molar-refractivity contribution is -0.139. The van der Waals surface area contributed by atoms with Gasteiger partial charge in [-0.2, -0.15) is 18.2 Å². The van der Waals surface area contributed by atoms with Gasteiger partial charge in [0, 0.05) is 24.1 Å². The predicted molar refractivity (Wildman–Crippen MR) is 118 cm³/mol. The zero-order valence-electron chi connectivity index (χ0n) is 17.8. The van der Waals surface area contributed by atoms with E-state index in [1.807, 2.05) is 0 Å². The summed E-state index contributed by atoms with van der Waals surface area (Å²) in [4.78, 5) is 19.6. The number of ether oxygens (including phenoxy) is 1. The van der Waals surface area contributed by atoms with Crippen molar-refractivity contribution in [2.45, 2.75) is 43.2 Å². The maximum Gasteiger partial charge on any atom is 0.392 e. The summed E-state index contributed by atoms with van der Waals surface area (Å²) in [5, 5.41) is 2.66. The van der Waals surface area contributed by atoms with Gasteiger partial charge in [0.15, 0.2) is 0 Å². The molecule has 2 aliphatic rings. The molecule has 0 bridgehead atoms. The molecule has 1 spiro atoms. The molecule has 2 heterocycles. The van der Waals surface area contributed by atoms with Crippen molar-refractivity contribution >= 4 is 28.0 Å². The van der Waals surface area contributed by atoms with Crippen LogP contribution in [0.3, 0.4) is 0 Å². The van der Waals surface area contributed by atoms with Crippen molar-refractivity contribution in [3.63, 3.8) is 0 Å². The first kappa shape index (κ1) is 23.3. The van der Waals surface area contributed by atoms with E-state index in [0.29, 0.717) is 21.6 Å². The van der Waals surface area contributed by atoms with E-state index in [-0.39, 0.29) is 11.7 Å². The third kappa shape index (κ3) is 5.95. The van der Waals surface area contributed by atoms with Crippen LogP contribution >= 0.6 is 0 Å². The molecule has 1 aliphatic carbocycles. The minimum atomic E-state index is -4.33. The Labute approximate surface area is 191 Å². The van der Waals surface area contributed by atoms with Crippen LogP contribution in [0.1, 0.15) is 42.5 Å². The Morgan fingerprint density at radius 1 is 1.18 bits per heavy atom. The van der Waals surface area contributed by atoms with E-state index < -0.39 is 35.7 Å². The lowest BCUT2D eigenvalue weighted by Crippen LogP contribution is -2.35. The molecule has 178 valence electrons. The number of pyridine rings is 1. The lowest BCUT2D eigenvalue weighted by Gasteiger charge is -2.35. The molecule has 0 radical (unpaired) electrons. The highest BCUT2D eigenvalue weighted by molar-refractivity contribution is 7.73. The molecule has 1 atom stereocenters. The summed E-state index contributed by atoms with van der Waals surface area (Å²) in [5.41, 5.74) is 1.41. The van der Waals surface area contributed by atoms with Gasteiger partial charge in [-0.1, -0.05) is 6.07 Å². The Morgan fingerprint density at radius 2 is 1.91 bits per heavy atom. The van der Waals surface area contributed by atoms with E-state index in [2.05, 4.69) is 15.2 Å². The van der Waals surface area contributed by atoms with Gasteiger partial charge in [0.05, 0.1) is 34.9 Å². The molecule has 1 unspecified atom stereocenters. The van der Waals surface area contributed by atoms with Crippen molar-refractivity contribution in [2.75, 3.05) is 29.9 Å². The lowest BCUT2D eigenvalue weighted by atomic mass is 9.93. The molecule has 2 aromatic rings. The van der Waals surface area contributed by atoms with Crippen LogP contribution in [0.15, 0.2) is 41.3 Å². The number of aromatic nitrogens is 1. The smallest absolute Gasteiger partial charge is 0.392 e. The van der Waals surface area contributed by atoms with Crippen molar-refractivity contribution in [3.8, 4) is 5.88 Å². The molecule has 7 nitrogen and oxygen atoms in total. The normalized spacial score (nSPS) is 18.1. The molecule has 1 saturated heterocycles. The minimum Gasteiger partial charge on any atom is -0.477 e. The third-order valence-electron chi connectivity index (χ3n) is 6.18. The number of nitrogens with zero attached hydrogens (tertiary/aromatic N) is 2. The summed E-state index contributed by atoms with van der Waals surface area (Å²) in [6.45, 7) is 0.986. The average Bonchev–Trinajstić information content (AvgIpc) is 3.52. The number of halogens is 3. The number of hydrogen-bond donors (Lipinski definition) is 3. The molecule has 2 fully saturated rings. The number of alkyl halides is 3. The summed E-state index contributed by atoms with van der Waals surface area (Å²) in [5.74, 6) is -0.338. The van der Waals surface area contributed by atoms with Crippen LogP contribution in [0, 0.1) is 10.2 Å². The highest BCUT2D eigenvalue weighted by atomic mass is 32.2. The van der Waals surface area contributed by atoms with Crippen molar-refractivity contribution in [1.82, 2.24) is 4.98 Å². The third-order valence-corrected chi connectivity index (χ3v) is 6.93. The van der Waals surface area contributed by atoms with Gasteiger partial charge >= 0.3 is 6.18 Å². The topological polar surface area (TPSA) is 95.4 Å². The number of anilines is 2. The van der Waals surface area contributed by atoms with Gasteiger partial charge < -0.3 is 15.0 Å². The van der Waals surface area contributed by atoms with E-state index in [1.165, 1.54) is 37.1 Å². The maximum atomic E-state index is 13.1. The average molecular weight is 483 g/mol. The first-order valence-corrected chi connectivity index (χ1v) is 12.0.